The molecule has 0 saturated carbocycles. The van der Waals surface area contributed by atoms with E-state index in [1.54, 1.807) is 0 Å². The van der Waals surface area contributed by atoms with Crippen LogP contribution in [-0.2, 0) is 0 Å². The maximum absolute atomic E-state index is 2.76. The van der Waals surface area contributed by atoms with E-state index in [0.29, 0.717) is 0 Å². The molecule has 2 aliphatic rings. The third-order valence-corrected chi connectivity index (χ3v) is 3.96. The van der Waals surface area contributed by atoms with Crippen molar-refractivity contribution in [3.63, 3.8) is 0 Å². The van der Waals surface area contributed by atoms with Crippen LogP contribution in [0.25, 0.3) is 0 Å². The molecular weight excluding hydrogens is 158 g/mol. The van der Waals surface area contributed by atoms with Crippen molar-refractivity contribution in [3.05, 3.63) is 0 Å². The average molecular weight is 181 g/mol. The summed E-state index contributed by atoms with van der Waals surface area (Å²) in [6.07, 6.45) is 7.30. The van der Waals surface area contributed by atoms with Crippen LogP contribution in [0.5, 0.6) is 0 Å². The maximum Gasteiger partial charge on any atom is 0.00955 e. The lowest BCUT2D eigenvalue weighted by atomic mass is 9.92. The van der Waals surface area contributed by atoms with Crippen molar-refractivity contribution in [1.29, 1.82) is 0 Å². The minimum atomic E-state index is 0.946. The highest BCUT2D eigenvalue weighted by molar-refractivity contribution is 4.83. The largest absolute Gasteiger partial charge is 0.300 e. The summed E-state index contributed by atoms with van der Waals surface area (Å²) in [5.74, 6) is 1.92. The van der Waals surface area contributed by atoms with Gasteiger partial charge in [0.25, 0.3) is 0 Å². The van der Waals surface area contributed by atoms with Gasteiger partial charge in [0, 0.05) is 12.6 Å². The first kappa shape index (κ1) is 9.51. The Labute approximate surface area is 82.5 Å². The van der Waals surface area contributed by atoms with E-state index in [4.69, 9.17) is 0 Å². The molecule has 13 heavy (non-hydrogen) atoms. The highest BCUT2D eigenvalue weighted by atomic mass is 15.2. The molecular formula is C12H23N. The quantitative estimate of drug-likeness (QED) is 0.555. The Morgan fingerprint density at radius 2 is 1.54 bits per heavy atom. The summed E-state index contributed by atoms with van der Waals surface area (Å²) >= 11 is 0. The van der Waals surface area contributed by atoms with Crippen LogP contribution < -0.4 is 0 Å². The van der Waals surface area contributed by atoms with Gasteiger partial charge in [0.15, 0.2) is 0 Å². The minimum Gasteiger partial charge on any atom is -0.300 e. The van der Waals surface area contributed by atoms with Gasteiger partial charge in [-0.3, -0.25) is 0 Å². The Morgan fingerprint density at radius 1 is 0.846 bits per heavy atom. The van der Waals surface area contributed by atoms with E-state index in [2.05, 4.69) is 18.7 Å². The van der Waals surface area contributed by atoms with Crippen molar-refractivity contribution >= 4 is 0 Å². The third-order valence-electron chi connectivity index (χ3n) is 3.96. The van der Waals surface area contributed by atoms with Crippen LogP contribution in [0.1, 0.15) is 46.0 Å². The first-order chi connectivity index (χ1) is 6.25. The van der Waals surface area contributed by atoms with Crippen molar-refractivity contribution in [1.82, 2.24) is 4.90 Å². The van der Waals surface area contributed by atoms with Crippen molar-refractivity contribution < 1.29 is 0 Å². The Balaban J connectivity index is 1.95. The Bertz CT molecular complexity index is 167. The highest BCUT2D eigenvalue weighted by Gasteiger charge is 2.28. The van der Waals surface area contributed by atoms with Crippen molar-refractivity contribution in [3.8, 4) is 0 Å². The lowest BCUT2D eigenvalue weighted by molar-refractivity contribution is 0.117. The lowest BCUT2D eigenvalue weighted by Crippen LogP contribution is -2.42. The normalized spacial score (nSPS) is 42.5. The van der Waals surface area contributed by atoms with Crippen LogP contribution in [0.2, 0.25) is 0 Å². The molecule has 0 bridgehead atoms. The van der Waals surface area contributed by atoms with Gasteiger partial charge in [0.05, 0.1) is 0 Å². The summed E-state index contributed by atoms with van der Waals surface area (Å²) < 4.78 is 0. The van der Waals surface area contributed by atoms with Crippen LogP contribution in [0.15, 0.2) is 0 Å². The second kappa shape index (κ2) is 4.00. The topological polar surface area (TPSA) is 3.24 Å². The van der Waals surface area contributed by atoms with Gasteiger partial charge in [-0.15, -0.1) is 0 Å². The van der Waals surface area contributed by atoms with Crippen LogP contribution in [0.4, 0.5) is 0 Å². The van der Waals surface area contributed by atoms with Crippen LogP contribution in [0.3, 0.4) is 0 Å². The Hall–Kier alpha value is -0.0400. The fraction of sp³-hybridized carbons (Fsp3) is 1.00. The molecule has 1 heteroatoms. The predicted octanol–water partition coefficient (Wildman–Crippen LogP) is 2.91. The number of fused-ring (bicyclic) bond motifs is 1. The zero-order chi connectivity index (χ0) is 9.26. The molecule has 2 rings (SSSR count). The number of rotatable bonds is 0. The van der Waals surface area contributed by atoms with Gasteiger partial charge in [-0.25, -0.2) is 0 Å². The van der Waals surface area contributed by atoms with Crippen molar-refractivity contribution in [2.75, 3.05) is 13.1 Å². The molecule has 0 N–H and O–H groups in total. The second-order valence-corrected chi connectivity index (χ2v) is 5.30. The maximum atomic E-state index is 2.76. The molecule has 2 aliphatic heterocycles. The van der Waals surface area contributed by atoms with E-state index >= 15 is 0 Å². The highest BCUT2D eigenvalue weighted by Crippen LogP contribution is 2.29. The molecule has 2 saturated heterocycles. The van der Waals surface area contributed by atoms with E-state index in [9.17, 15) is 0 Å². The van der Waals surface area contributed by atoms with Gasteiger partial charge in [0.1, 0.15) is 0 Å². The van der Waals surface area contributed by atoms with Crippen LogP contribution in [-0.4, -0.2) is 24.0 Å². The summed E-state index contributed by atoms with van der Waals surface area (Å²) in [6.45, 7) is 7.57. The third kappa shape index (κ3) is 2.25. The molecule has 1 nitrogen and oxygen atoms in total. The first-order valence-electron chi connectivity index (χ1n) is 5.99. The fourth-order valence-corrected chi connectivity index (χ4v) is 2.91. The van der Waals surface area contributed by atoms with E-state index in [-0.39, 0.29) is 0 Å². The summed E-state index contributed by atoms with van der Waals surface area (Å²) in [4.78, 5) is 2.76. The second-order valence-electron chi connectivity index (χ2n) is 5.30. The monoisotopic (exact) mass is 181 g/mol. The molecule has 0 spiro atoms. The molecule has 3 unspecified atom stereocenters. The summed E-state index contributed by atoms with van der Waals surface area (Å²) in [6, 6.07) is 0.946. The zero-order valence-corrected chi connectivity index (χ0v) is 9.13. The molecule has 0 aromatic rings. The molecule has 2 heterocycles. The van der Waals surface area contributed by atoms with E-state index in [0.717, 1.165) is 17.9 Å². The van der Waals surface area contributed by atoms with Gasteiger partial charge >= 0.3 is 0 Å². The number of nitrogens with zero attached hydrogens (tertiary/aromatic N) is 1. The first-order valence-corrected chi connectivity index (χ1v) is 5.99. The lowest BCUT2D eigenvalue weighted by Gasteiger charge is -2.37. The number of hydrogen-bond donors (Lipinski definition) is 0. The molecule has 0 radical (unpaired) electrons. The summed E-state index contributed by atoms with van der Waals surface area (Å²) in [7, 11) is 0. The smallest absolute Gasteiger partial charge is 0.00955 e. The number of hydrogen-bond acceptors (Lipinski definition) is 1. The molecule has 76 valence electrons. The van der Waals surface area contributed by atoms with Crippen LogP contribution in [0, 0.1) is 11.8 Å². The molecule has 3 atom stereocenters. The predicted molar refractivity (Wildman–Crippen MR) is 56.8 cm³/mol. The SMILES string of the molecule is CC1CCC2CCC(C)CN2CC1. The number of piperidine rings is 1. The molecule has 0 aromatic heterocycles. The van der Waals surface area contributed by atoms with Gasteiger partial charge in [-0.05, 0) is 50.5 Å². The van der Waals surface area contributed by atoms with Crippen molar-refractivity contribution in [2.45, 2.75) is 52.0 Å². The molecule has 0 amide bonds. The van der Waals surface area contributed by atoms with E-state index < -0.39 is 0 Å². The minimum absolute atomic E-state index is 0.946. The van der Waals surface area contributed by atoms with Gasteiger partial charge in [-0.1, -0.05) is 13.8 Å². The van der Waals surface area contributed by atoms with Crippen LogP contribution >= 0.6 is 0 Å². The zero-order valence-electron chi connectivity index (χ0n) is 9.13. The van der Waals surface area contributed by atoms with Crippen molar-refractivity contribution in [2.24, 2.45) is 11.8 Å². The summed E-state index contributed by atoms with van der Waals surface area (Å²) in [5.41, 5.74) is 0. The molecule has 0 aromatic carbocycles. The van der Waals surface area contributed by atoms with Gasteiger partial charge in [-0.2, -0.15) is 0 Å². The standard InChI is InChI=1S/C12H23N/c1-10-3-5-12-6-4-11(2)9-13(12)8-7-10/h10-12H,3-9H2,1-2H3. The molecule has 2 fully saturated rings. The van der Waals surface area contributed by atoms with E-state index in [1.807, 2.05) is 0 Å². The Morgan fingerprint density at radius 3 is 2.31 bits per heavy atom. The fourth-order valence-electron chi connectivity index (χ4n) is 2.91. The van der Waals surface area contributed by atoms with E-state index in [1.165, 1.54) is 45.2 Å². The van der Waals surface area contributed by atoms with Gasteiger partial charge in [0.2, 0.25) is 0 Å². The Kier molecular flexibility index (Phi) is 2.92. The summed E-state index contributed by atoms with van der Waals surface area (Å²) in [5, 5.41) is 0. The van der Waals surface area contributed by atoms with Gasteiger partial charge < -0.3 is 4.90 Å². The molecule has 0 aliphatic carbocycles. The average Bonchev–Trinajstić information content (AvgIpc) is 2.29.